The Morgan fingerprint density at radius 3 is 2.41 bits per heavy atom. The van der Waals surface area contributed by atoms with Crippen LogP contribution in [0, 0.1) is 5.82 Å². The summed E-state index contributed by atoms with van der Waals surface area (Å²) in [6.45, 7) is 0.586. The van der Waals surface area contributed by atoms with E-state index in [1.165, 1.54) is 24.3 Å². The molecule has 0 bridgehead atoms. The van der Waals surface area contributed by atoms with Crippen molar-refractivity contribution >= 4 is 5.91 Å². The summed E-state index contributed by atoms with van der Waals surface area (Å²) in [5.41, 5.74) is 0.360. The quantitative estimate of drug-likeness (QED) is 0.604. The lowest BCUT2D eigenvalue weighted by atomic mass is 9.98. The van der Waals surface area contributed by atoms with Gasteiger partial charge in [-0.1, -0.05) is 29.4 Å². The number of hydrogen-bond donors (Lipinski definition) is 0. The standard InChI is InChI=1S/C20H15F4N3O2/c21-15-7-3-12(4-8-15)16-9-10-27(19(16)28)11-17-25-18(26-29-17)13-1-5-14(6-2-13)20(22,23)24/h1-8,16H,9-11H2/t16-/m0/s1. The van der Waals surface area contributed by atoms with E-state index < -0.39 is 11.7 Å². The number of rotatable bonds is 4. The molecule has 1 amide bonds. The highest BCUT2D eigenvalue weighted by atomic mass is 19.4. The van der Waals surface area contributed by atoms with Gasteiger partial charge in [0.05, 0.1) is 11.5 Å². The third-order valence-electron chi connectivity index (χ3n) is 4.83. The lowest BCUT2D eigenvalue weighted by Crippen LogP contribution is -2.26. The van der Waals surface area contributed by atoms with Gasteiger partial charge in [-0.05, 0) is 36.2 Å². The first kappa shape index (κ1) is 19.1. The number of halogens is 4. The van der Waals surface area contributed by atoms with Crippen molar-refractivity contribution in [3.63, 3.8) is 0 Å². The predicted octanol–water partition coefficient (Wildman–Crippen LogP) is 4.41. The summed E-state index contributed by atoms with van der Waals surface area (Å²) in [5, 5.41) is 3.79. The molecule has 1 aliphatic heterocycles. The van der Waals surface area contributed by atoms with Crippen molar-refractivity contribution in [1.82, 2.24) is 15.0 Å². The summed E-state index contributed by atoms with van der Waals surface area (Å²) in [5.74, 6) is -0.500. The molecule has 1 atom stereocenters. The van der Waals surface area contributed by atoms with Crippen LogP contribution in [0.1, 0.15) is 29.4 Å². The summed E-state index contributed by atoms with van der Waals surface area (Å²) in [4.78, 5) is 18.4. The number of likely N-dealkylation sites (tertiary alicyclic amines) is 1. The highest BCUT2D eigenvalue weighted by Gasteiger charge is 2.34. The molecule has 1 aliphatic rings. The van der Waals surface area contributed by atoms with Crippen LogP contribution in [0.5, 0.6) is 0 Å². The van der Waals surface area contributed by atoms with Gasteiger partial charge in [-0.15, -0.1) is 0 Å². The van der Waals surface area contributed by atoms with Crippen LogP contribution in [-0.4, -0.2) is 27.5 Å². The van der Waals surface area contributed by atoms with Crippen LogP contribution >= 0.6 is 0 Å². The van der Waals surface area contributed by atoms with Crippen molar-refractivity contribution in [3.8, 4) is 11.4 Å². The molecule has 0 spiro atoms. The Bertz CT molecular complexity index is 1010. The number of carbonyl (C=O) groups is 1. The number of amides is 1. The Balaban J connectivity index is 1.44. The van der Waals surface area contributed by atoms with E-state index in [0.717, 1.165) is 17.7 Å². The Morgan fingerprint density at radius 2 is 1.76 bits per heavy atom. The molecule has 0 unspecified atom stereocenters. The molecule has 2 heterocycles. The number of nitrogens with zero attached hydrogens (tertiary/aromatic N) is 3. The molecule has 29 heavy (non-hydrogen) atoms. The largest absolute Gasteiger partial charge is 0.416 e. The topological polar surface area (TPSA) is 59.2 Å². The summed E-state index contributed by atoms with van der Waals surface area (Å²) in [7, 11) is 0. The molecule has 4 rings (SSSR count). The van der Waals surface area contributed by atoms with Crippen LogP contribution in [0.4, 0.5) is 17.6 Å². The van der Waals surface area contributed by atoms with Gasteiger partial charge in [0.25, 0.3) is 0 Å². The molecule has 2 aromatic carbocycles. The van der Waals surface area contributed by atoms with Gasteiger partial charge in [0.15, 0.2) is 0 Å². The van der Waals surface area contributed by atoms with Gasteiger partial charge < -0.3 is 9.42 Å². The molecule has 3 aromatic rings. The van der Waals surface area contributed by atoms with E-state index >= 15 is 0 Å². The lowest BCUT2D eigenvalue weighted by molar-refractivity contribution is -0.137. The molecule has 5 nitrogen and oxygen atoms in total. The van der Waals surface area contributed by atoms with Gasteiger partial charge in [0.1, 0.15) is 12.4 Å². The molecule has 0 radical (unpaired) electrons. The normalized spacial score (nSPS) is 17.2. The predicted molar refractivity (Wildman–Crippen MR) is 93.9 cm³/mol. The Hall–Kier alpha value is -3.23. The fourth-order valence-corrected chi connectivity index (χ4v) is 3.31. The van der Waals surface area contributed by atoms with Crippen molar-refractivity contribution < 1.29 is 26.9 Å². The van der Waals surface area contributed by atoms with Crippen molar-refractivity contribution in [2.75, 3.05) is 6.54 Å². The van der Waals surface area contributed by atoms with Crippen molar-refractivity contribution in [1.29, 1.82) is 0 Å². The zero-order valence-electron chi connectivity index (χ0n) is 15.0. The Morgan fingerprint density at radius 1 is 1.07 bits per heavy atom. The SMILES string of the molecule is O=C1[C@H](c2ccc(F)cc2)CCN1Cc1nc(-c2ccc(C(F)(F)F)cc2)no1. The van der Waals surface area contributed by atoms with E-state index in [9.17, 15) is 22.4 Å². The molecule has 1 saturated heterocycles. The monoisotopic (exact) mass is 405 g/mol. The second kappa shape index (κ2) is 7.31. The third-order valence-corrected chi connectivity index (χ3v) is 4.83. The van der Waals surface area contributed by atoms with E-state index in [2.05, 4.69) is 10.1 Å². The van der Waals surface area contributed by atoms with Crippen molar-refractivity contribution in [2.45, 2.75) is 25.1 Å². The van der Waals surface area contributed by atoms with E-state index in [1.54, 1.807) is 17.0 Å². The van der Waals surface area contributed by atoms with E-state index in [0.29, 0.717) is 18.5 Å². The number of alkyl halides is 3. The molecule has 9 heteroatoms. The van der Waals surface area contributed by atoms with Gasteiger partial charge >= 0.3 is 6.18 Å². The van der Waals surface area contributed by atoms with Gasteiger partial charge in [0.2, 0.25) is 17.6 Å². The summed E-state index contributed by atoms with van der Waals surface area (Å²) >= 11 is 0. The lowest BCUT2D eigenvalue weighted by Gasteiger charge is -2.14. The van der Waals surface area contributed by atoms with Crippen LogP contribution in [0.25, 0.3) is 11.4 Å². The highest BCUT2D eigenvalue weighted by molar-refractivity contribution is 5.85. The van der Waals surface area contributed by atoms with Crippen LogP contribution < -0.4 is 0 Å². The fraction of sp³-hybridized carbons (Fsp3) is 0.250. The summed E-state index contributed by atoms with van der Waals surface area (Å²) < 4.78 is 56.2. The molecular formula is C20H15F4N3O2. The Kier molecular flexibility index (Phi) is 4.81. The smallest absolute Gasteiger partial charge is 0.337 e. The van der Waals surface area contributed by atoms with Gasteiger partial charge in [0, 0.05) is 12.1 Å². The average Bonchev–Trinajstić information content (AvgIpc) is 3.30. The third kappa shape index (κ3) is 3.98. The zero-order chi connectivity index (χ0) is 20.6. The number of benzene rings is 2. The molecule has 150 valence electrons. The maximum Gasteiger partial charge on any atom is 0.416 e. The van der Waals surface area contributed by atoms with Crippen LogP contribution in [0.3, 0.4) is 0 Å². The maximum atomic E-state index is 13.1. The first-order valence-corrected chi connectivity index (χ1v) is 8.86. The van der Waals surface area contributed by atoms with Crippen molar-refractivity contribution in [3.05, 3.63) is 71.4 Å². The number of hydrogen-bond acceptors (Lipinski definition) is 4. The fourth-order valence-electron chi connectivity index (χ4n) is 3.31. The first-order valence-electron chi connectivity index (χ1n) is 8.86. The summed E-state index contributed by atoms with van der Waals surface area (Å²) in [6, 6.07) is 10.3. The van der Waals surface area contributed by atoms with E-state index in [4.69, 9.17) is 4.52 Å². The second-order valence-electron chi connectivity index (χ2n) is 6.74. The Labute approximate surface area is 162 Å². The van der Waals surface area contributed by atoms with Gasteiger partial charge in [-0.25, -0.2) is 4.39 Å². The zero-order valence-corrected chi connectivity index (χ0v) is 15.0. The van der Waals surface area contributed by atoms with Crippen molar-refractivity contribution in [2.24, 2.45) is 0 Å². The number of carbonyl (C=O) groups excluding carboxylic acids is 1. The second-order valence-corrected chi connectivity index (χ2v) is 6.74. The minimum absolute atomic E-state index is 0.101. The molecular weight excluding hydrogens is 390 g/mol. The van der Waals surface area contributed by atoms with E-state index in [1.807, 2.05) is 0 Å². The summed E-state index contributed by atoms with van der Waals surface area (Å²) in [6.07, 6.45) is -3.83. The molecule has 0 N–H and O–H groups in total. The van der Waals surface area contributed by atoms with Gasteiger partial charge in [-0.2, -0.15) is 18.2 Å². The van der Waals surface area contributed by atoms with Gasteiger partial charge in [-0.3, -0.25) is 4.79 Å². The molecule has 0 aliphatic carbocycles. The highest BCUT2D eigenvalue weighted by Crippen LogP contribution is 2.31. The van der Waals surface area contributed by atoms with Crippen LogP contribution in [-0.2, 0) is 17.5 Å². The van der Waals surface area contributed by atoms with Crippen LogP contribution in [0.15, 0.2) is 53.1 Å². The molecule has 1 fully saturated rings. The maximum absolute atomic E-state index is 13.1. The molecule has 0 saturated carbocycles. The first-order chi connectivity index (χ1) is 13.8. The number of aromatic nitrogens is 2. The van der Waals surface area contributed by atoms with Crippen LogP contribution in [0.2, 0.25) is 0 Å². The minimum Gasteiger partial charge on any atom is -0.337 e. The average molecular weight is 405 g/mol. The minimum atomic E-state index is -4.42. The molecule has 1 aromatic heterocycles. The van der Waals surface area contributed by atoms with E-state index in [-0.39, 0.29) is 35.9 Å².